The smallest absolute Gasteiger partial charge is 0.123 e. The summed E-state index contributed by atoms with van der Waals surface area (Å²) in [4.78, 5) is 10.6. The predicted molar refractivity (Wildman–Crippen MR) is 62.8 cm³/mol. The molecular formula is C13H18N2O2. The van der Waals surface area contributed by atoms with Crippen molar-refractivity contribution < 1.29 is 9.53 Å². The van der Waals surface area contributed by atoms with Crippen molar-refractivity contribution in [2.24, 2.45) is 5.92 Å². The Kier molecular flexibility index (Phi) is 2.97. The summed E-state index contributed by atoms with van der Waals surface area (Å²) in [7, 11) is 0. The Morgan fingerprint density at radius 3 is 2.82 bits per heavy atom. The fraction of sp³-hybridized carbons (Fsp3) is 0.692. The van der Waals surface area contributed by atoms with Crippen molar-refractivity contribution >= 4 is 6.29 Å². The maximum atomic E-state index is 10.6. The first kappa shape index (κ1) is 11.0. The van der Waals surface area contributed by atoms with Gasteiger partial charge in [0.2, 0.25) is 0 Å². The zero-order valence-corrected chi connectivity index (χ0v) is 9.92. The molecule has 0 amide bonds. The summed E-state index contributed by atoms with van der Waals surface area (Å²) in [6.45, 7) is 1.74. The molecule has 1 aliphatic heterocycles. The summed E-state index contributed by atoms with van der Waals surface area (Å²) in [6, 6.07) is 0.443. The van der Waals surface area contributed by atoms with Gasteiger partial charge in [-0.05, 0) is 37.2 Å². The summed E-state index contributed by atoms with van der Waals surface area (Å²) in [5, 5.41) is 4.44. The Morgan fingerprint density at radius 2 is 2.12 bits per heavy atom. The highest BCUT2D eigenvalue weighted by molar-refractivity contribution is 5.55. The molecule has 1 aliphatic carbocycles. The molecule has 4 heteroatoms. The highest BCUT2D eigenvalue weighted by Crippen LogP contribution is 2.37. The number of carbonyl (C=O) groups excluding carboxylic acids is 1. The largest absolute Gasteiger partial charge is 0.381 e. The quantitative estimate of drug-likeness (QED) is 0.751. The van der Waals surface area contributed by atoms with E-state index >= 15 is 0 Å². The summed E-state index contributed by atoms with van der Waals surface area (Å²) in [6.07, 6.45) is 9.35. The zero-order chi connectivity index (χ0) is 11.7. The van der Waals surface area contributed by atoms with Gasteiger partial charge in [-0.1, -0.05) is 0 Å². The standard InChI is InChI=1S/C13H18N2O2/c16-9-10-5-13(6-10)15-8-12(7-14-15)11-1-3-17-4-2-11/h7-11,13H,1-6H2. The highest BCUT2D eigenvalue weighted by atomic mass is 16.5. The Hall–Kier alpha value is -1.16. The van der Waals surface area contributed by atoms with E-state index in [1.165, 1.54) is 5.56 Å². The molecule has 2 fully saturated rings. The van der Waals surface area contributed by atoms with Crippen LogP contribution in [0.25, 0.3) is 0 Å². The number of rotatable bonds is 3. The van der Waals surface area contributed by atoms with Gasteiger partial charge in [0, 0.05) is 25.3 Å². The zero-order valence-electron chi connectivity index (χ0n) is 9.92. The van der Waals surface area contributed by atoms with Gasteiger partial charge < -0.3 is 9.53 Å². The Bertz CT molecular complexity index is 390. The highest BCUT2D eigenvalue weighted by Gasteiger charge is 2.31. The fourth-order valence-corrected chi connectivity index (χ4v) is 2.75. The van der Waals surface area contributed by atoms with E-state index in [2.05, 4.69) is 11.3 Å². The Morgan fingerprint density at radius 1 is 1.35 bits per heavy atom. The van der Waals surface area contributed by atoms with Crippen molar-refractivity contribution in [1.82, 2.24) is 9.78 Å². The van der Waals surface area contributed by atoms with Crippen LogP contribution in [0.5, 0.6) is 0 Å². The molecule has 4 nitrogen and oxygen atoms in total. The number of ether oxygens (including phenoxy) is 1. The molecule has 0 unspecified atom stereocenters. The molecule has 1 saturated heterocycles. The summed E-state index contributed by atoms with van der Waals surface area (Å²) in [5.74, 6) is 0.871. The first-order valence-electron chi connectivity index (χ1n) is 6.44. The molecule has 0 radical (unpaired) electrons. The van der Waals surface area contributed by atoms with Crippen molar-refractivity contribution in [2.45, 2.75) is 37.6 Å². The number of aldehydes is 1. The Labute approximate surface area is 101 Å². The molecule has 2 aliphatic rings. The van der Waals surface area contributed by atoms with Crippen LogP contribution < -0.4 is 0 Å². The summed E-state index contributed by atoms with van der Waals surface area (Å²) < 4.78 is 7.42. The fourth-order valence-electron chi connectivity index (χ4n) is 2.75. The number of hydrogen-bond acceptors (Lipinski definition) is 3. The van der Waals surface area contributed by atoms with Crippen LogP contribution in [-0.2, 0) is 9.53 Å². The lowest BCUT2D eigenvalue weighted by Gasteiger charge is -2.31. The van der Waals surface area contributed by atoms with Crippen LogP contribution in [0.4, 0.5) is 0 Å². The van der Waals surface area contributed by atoms with Gasteiger partial charge in [0.25, 0.3) is 0 Å². The lowest BCUT2D eigenvalue weighted by Crippen LogP contribution is -2.27. The van der Waals surface area contributed by atoms with E-state index in [0.717, 1.165) is 45.2 Å². The molecule has 0 bridgehead atoms. The molecule has 0 aromatic carbocycles. The molecular weight excluding hydrogens is 216 g/mol. The Balaban J connectivity index is 1.64. The molecule has 3 rings (SSSR count). The number of carbonyl (C=O) groups is 1. The summed E-state index contributed by atoms with van der Waals surface area (Å²) >= 11 is 0. The van der Waals surface area contributed by atoms with Crippen LogP contribution in [0.1, 0.15) is 43.2 Å². The van der Waals surface area contributed by atoms with E-state index in [1.807, 2.05) is 10.9 Å². The first-order valence-corrected chi connectivity index (χ1v) is 6.44. The lowest BCUT2D eigenvalue weighted by atomic mass is 9.81. The van der Waals surface area contributed by atoms with Crippen molar-refractivity contribution in [2.75, 3.05) is 13.2 Å². The molecule has 2 heterocycles. The maximum Gasteiger partial charge on any atom is 0.123 e. The molecule has 1 aromatic rings. The molecule has 92 valence electrons. The van der Waals surface area contributed by atoms with Crippen LogP contribution in [0, 0.1) is 5.92 Å². The normalized spacial score (nSPS) is 29.9. The average molecular weight is 234 g/mol. The second-order valence-corrected chi connectivity index (χ2v) is 5.16. The van der Waals surface area contributed by atoms with Gasteiger partial charge in [-0.3, -0.25) is 4.68 Å². The molecule has 0 atom stereocenters. The monoisotopic (exact) mass is 234 g/mol. The van der Waals surface area contributed by atoms with E-state index in [1.54, 1.807) is 0 Å². The van der Waals surface area contributed by atoms with Gasteiger partial charge in [-0.25, -0.2) is 0 Å². The molecule has 1 saturated carbocycles. The second-order valence-electron chi connectivity index (χ2n) is 5.16. The molecule has 0 N–H and O–H groups in total. The third-order valence-electron chi connectivity index (χ3n) is 4.03. The third-order valence-corrected chi connectivity index (χ3v) is 4.03. The van der Waals surface area contributed by atoms with Crippen molar-refractivity contribution in [3.8, 4) is 0 Å². The van der Waals surface area contributed by atoms with Crippen LogP contribution in [0.3, 0.4) is 0 Å². The predicted octanol–water partition coefficient (Wildman–Crippen LogP) is 1.93. The van der Waals surface area contributed by atoms with Gasteiger partial charge in [0.05, 0.1) is 12.2 Å². The van der Waals surface area contributed by atoms with Gasteiger partial charge in [0.1, 0.15) is 6.29 Å². The lowest BCUT2D eigenvalue weighted by molar-refractivity contribution is -0.114. The van der Waals surface area contributed by atoms with Crippen LogP contribution in [0.2, 0.25) is 0 Å². The molecule has 1 aromatic heterocycles. The number of aromatic nitrogens is 2. The second kappa shape index (κ2) is 4.61. The van der Waals surface area contributed by atoms with Gasteiger partial charge in [0.15, 0.2) is 0 Å². The van der Waals surface area contributed by atoms with Crippen molar-refractivity contribution in [1.29, 1.82) is 0 Å². The average Bonchev–Trinajstić information content (AvgIpc) is 2.78. The van der Waals surface area contributed by atoms with Crippen molar-refractivity contribution in [3.05, 3.63) is 18.0 Å². The van der Waals surface area contributed by atoms with Crippen molar-refractivity contribution in [3.63, 3.8) is 0 Å². The summed E-state index contributed by atoms with van der Waals surface area (Å²) in [5.41, 5.74) is 1.34. The van der Waals surface area contributed by atoms with Gasteiger partial charge in [-0.15, -0.1) is 0 Å². The SMILES string of the molecule is O=CC1CC(n2cc(C3CCOCC3)cn2)C1. The van der Waals surface area contributed by atoms with E-state index in [9.17, 15) is 4.79 Å². The number of nitrogens with zero attached hydrogens (tertiary/aromatic N) is 2. The molecule has 0 spiro atoms. The minimum absolute atomic E-state index is 0.260. The number of hydrogen-bond donors (Lipinski definition) is 0. The van der Waals surface area contributed by atoms with E-state index in [-0.39, 0.29) is 5.92 Å². The minimum Gasteiger partial charge on any atom is -0.381 e. The van der Waals surface area contributed by atoms with Crippen LogP contribution >= 0.6 is 0 Å². The maximum absolute atomic E-state index is 10.6. The minimum atomic E-state index is 0.260. The first-order chi connectivity index (χ1) is 8.36. The topological polar surface area (TPSA) is 44.1 Å². The van der Waals surface area contributed by atoms with Gasteiger partial charge in [-0.2, -0.15) is 5.10 Å². The van der Waals surface area contributed by atoms with Crippen LogP contribution in [0.15, 0.2) is 12.4 Å². The van der Waals surface area contributed by atoms with E-state index in [4.69, 9.17) is 4.74 Å². The van der Waals surface area contributed by atoms with E-state index in [0.29, 0.717) is 12.0 Å². The van der Waals surface area contributed by atoms with E-state index < -0.39 is 0 Å². The molecule has 17 heavy (non-hydrogen) atoms. The third kappa shape index (κ3) is 2.14. The van der Waals surface area contributed by atoms with Crippen LogP contribution in [-0.4, -0.2) is 29.3 Å². The van der Waals surface area contributed by atoms with Gasteiger partial charge >= 0.3 is 0 Å².